The van der Waals surface area contributed by atoms with Crippen LogP contribution in [0, 0.1) is 11.8 Å². The molecular formula is C15H22O2. The Morgan fingerprint density at radius 2 is 2.00 bits per heavy atom. The minimum Gasteiger partial charge on any atom is -0.496 e. The first-order valence-electron chi connectivity index (χ1n) is 6.38. The van der Waals surface area contributed by atoms with Gasteiger partial charge in [0.2, 0.25) is 0 Å². The molecule has 0 bridgehead atoms. The first-order chi connectivity index (χ1) is 8.04. The molecule has 0 saturated heterocycles. The fourth-order valence-corrected chi connectivity index (χ4v) is 2.74. The fraction of sp³-hybridized carbons (Fsp3) is 0.600. The number of para-hydroxylation sites is 1. The molecule has 0 unspecified atom stereocenters. The maximum Gasteiger partial charge on any atom is 0.122 e. The van der Waals surface area contributed by atoms with Crippen LogP contribution in [-0.4, -0.2) is 17.8 Å². The van der Waals surface area contributed by atoms with E-state index in [0.29, 0.717) is 18.3 Å². The Morgan fingerprint density at radius 1 is 1.35 bits per heavy atom. The Hall–Kier alpha value is -1.02. The molecule has 1 saturated carbocycles. The maximum atomic E-state index is 10.4. The maximum absolute atomic E-state index is 10.4. The number of hydrogen-bond acceptors (Lipinski definition) is 2. The van der Waals surface area contributed by atoms with Gasteiger partial charge in [0.05, 0.1) is 12.7 Å². The van der Waals surface area contributed by atoms with Crippen molar-refractivity contribution in [1.82, 2.24) is 0 Å². The van der Waals surface area contributed by atoms with Crippen LogP contribution in [-0.2, 0) is 6.42 Å². The fourth-order valence-electron chi connectivity index (χ4n) is 2.74. The van der Waals surface area contributed by atoms with Crippen LogP contribution in [0.1, 0.15) is 32.3 Å². The Morgan fingerprint density at radius 3 is 2.59 bits per heavy atom. The van der Waals surface area contributed by atoms with Crippen molar-refractivity contribution in [3.8, 4) is 5.75 Å². The molecule has 0 aliphatic heterocycles. The lowest BCUT2D eigenvalue weighted by molar-refractivity contribution is -0.0862. The highest BCUT2D eigenvalue weighted by Gasteiger charge is 2.43. The molecule has 0 radical (unpaired) electrons. The second-order valence-electron chi connectivity index (χ2n) is 5.63. The van der Waals surface area contributed by atoms with Gasteiger partial charge in [-0.25, -0.2) is 0 Å². The minimum absolute atomic E-state index is 0.510. The van der Waals surface area contributed by atoms with E-state index in [0.717, 1.165) is 24.2 Å². The zero-order valence-corrected chi connectivity index (χ0v) is 10.9. The monoisotopic (exact) mass is 234 g/mol. The summed E-state index contributed by atoms with van der Waals surface area (Å²) in [5, 5.41) is 10.4. The largest absolute Gasteiger partial charge is 0.496 e. The summed E-state index contributed by atoms with van der Waals surface area (Å²) in [6, 6.07) is 7.96. The predicted octanol–water partition coefficient (Wildman–Crippen LogP) is 3.03. The van der Waals surface area contributed by atoms with Gasteiger partial charge in [0.15, 0.2) is 0 Å². The van der Waals surface area contributed by atoms with E-state index in [-0.39, 0.29) is 0 Å². The summed E-state index contributed by atoms with van der Waals surface area (Å²) in [5.41, 5.74) is 0.600. The average molecular weight is 234 g/mol. The van der Waals surface area contributed by atoms with Gasteiger partial charge in [-0.3, -0.25) is 0 Å². The van der Waals surface area contributed by atoms with Gasteiger partial charge in [0.1, 0.15) is 5.75 Å². The summed E-state index contributed by atoms with van der Waals surface area (Å²) in [6.45, 7) is 4.46. The van der Waals surface area contributed by atoms with Crippen LogP contribution >= 0.6 is 0 Å². The Kier molecular flexibility index (Phi) is 3.43. The van der Waals surface area contributed by atoms with E-state index in [4.69, 9.17) is 4.74 Å². The molecule has 0 aromatic heterocycles. The predicted molar refractivity (Wildman–Crippen MR) is 69.2 cm³/mol. The molecule has 1 aliphatic carbocycles. The van der Waals surface area contributed by atoms with Crippen molar-refractivity contribution in [3.63, 3.8) is 0 Å². The van der Waals surface area contributed by atoms with Crippen LogP contribution in [0.5, 0.6) is 5.75 Å². The number of benzene rings is 1. The van der Waals surface area contributed by atoms with E-state index < -0.39 is 5.60 Å². The summed E-state index contributed by atoms with van der Waals surface area (Å²) in [5.74, 6) is 2.23. The van der Waals surface area contributed by atoms with Crippen LogP contribution in [0.2, 0.25) is 0 Å². The molecule has 1 aromatic carbocycles. The third kappa shape index (κ3) is 2.63. The molecule has 1 N–H and O–H groups in total. The third-order valence-electron chi connectivity index (χ3n) is 3.94. The van der Waals surface area contributed by atoms with Crippen LogP contribution in [0.15, 0.2) is 24.3 Å². The third-order valence-corrected chi connectivity index (χ3v) is 3.94. The smallest absolute Gasteiger partial charge is 0.122 e. The highest BCUT2D eigenvalue weighted by atomic mass is 16.5. The lowest BCUT2D eigenvalue weighted by Gasteiger charge is -2.46. The molecule has 0 heterocycles. The normalized spacial score (nSPS) is 27.9. The van der Waals surface area contributed by atoms with E-state index in [1.54, 1.807) is 7.11 Å². The molecule has 1 aliphatic rings. The molecular weight excluding hydrogens is 212 g/mol. The lowest BCUT2D eigenvalue weighted by atomic mass is 9.64. The highest BCUT2D eigenvalue weighted by Crippen LogP contribution is 2.44. The zero-order chi connectivity index (χ0) is 12.5. The molecule has 1 aromatic rings. The van der Waals surface area contributed by atoms with Crippen molar-refractivity contribution < 1.29 is 9.84 Å². The van der Waals surface area contributed by atoms with E-state index in [1.165, 1.54) is 0 Å². The van der Waals surface area contributed by atoms with E-state index >= 15 is 0 Å². The average Bonchev–Trinajstić information content (AvgIpc) is 2.26. The lowest BCUT2D eigenvalue weighted by Crippen LogP contribution is -2.47. The molecule has 94 valence electrons. The number of aliphatic hydroxyl groups is 1. The van der Waals surface area contributed by atoms with Gasteiger partial charge >= 0.3 is 0 Å². The summed E-state index contributed by atoms with van der Waals surface area (Å²) in [7, 11) is 1.68. The standard InChI is InChI=1S/C15H22O2/c1-11(2)13-9-15(16,10-13)8-12-6-4-5-7-14(12)17-3/h4-7,11,13,16H,8-10H2,1-3H3. The van der Waals surface area contributed by atoms with Crippen LogP contribution in [0.3, 0.4) is 0 Å². The van der Waals surface area contributed by atoms with Gasteiger partial charge in [-0.2, -0.15) is 0 Å². The SMILES string of the molecule is COc1ccccc1CC1(O)CC(C(C)C)C1. The topological polar surface area (TPSA) is 29.5 Å². The van der Waals surface area contributed by atoms with Crippen molar-refractivity contribution in [2.75, 3.05) is 7.11 Å². The van der Waals surface area contributed by atoms with E-state index in [9.17, 15) is 5.11 Å². The van der Waals surface area contributed by atoms with Gasteiger partial charge in [-0.05, 0) is 36.3 Å². The molecule has 1 fully saturated rings. The van der Waals surface area contributed by atoms with Crippen LogP contribution in [0.4, 0.5) is 0 Å². The van der Waals surface area contributed by atoms with Gasteiger partial charge in [0, 0.05) is 6.42 Å². The quantitative estimate of drug-likeness (QED) is 0.867. The molecule has 2 heteroatoms. The van der Waals surface area contributed by atoms with E-state index in [1.807, 2.05) is 24.3 Å². The minimum atomic E-state index is -0.510. The van der Waals surface area contributed by atoms with Gasteiger partial charge in [-0.15, -0.1) is 0 Å². The van der Waals surface area contributed by atoms with Crippen molar-refractivity contribution in [2.45, 2.75) is 38.7 Å². The van der Waals surface area contributed by atoms with E-state index in [2.05, 4.69) is 13.8 Å². The van der Waals surface area contributed by atoms with Crippen molar-refractivity contribution in [3.05, 3.63) is 29.8 Å². The Balaban J connectivity index is 2.02. The van der Waals surface area contributed by atoms with Gasteiger partial charge in [0.25, 0.3) is 0 Å². The Labute approximate surface area is 104 Å². The Bertz CT molecular complexity index is 378. The second-order valence-corrected chi connectivity index (χ2v) is 5.63. The molecule has 17 heavy (non-hydrogen) atoms. The molecule has 0 spiro atoms. The molecule has 0 amide bonds. The molecule has 0 atom stereocenters. The van der Waals surface area contributed by atoms with Crippen LogP contribution < -0.4 is 4.74 Å². The van der Waals surface area contributed by atoms with Gasteiger partial charge in [-0.1, -0.05) is 32.0 Å². The van der Waals surface area contributed by atoms with Crippen LogP contribution in [0.25, 0.3) is 0 Å². The van der Waals surface area contributed by atoms with Crippen molar-refractivity contribution >= 4 is 0 Å². The molecule has 2 nitrogen and oxygen atoms in total. The summed E-state index contributed by atoms with van der Waals surface area (Å²) >= 11 is 0. The summed E-state index contributed by atoms with van der Waals surface area (Å²) in [4.78, 5) is 0. The second kappa shape index (κ2) is 4.69. The molecule has 2 rings (SSSR count). The van der Waals surface area contributed by atoms with Gasteiger partial charge < -0.3 is 9.84 Å². The number of ether oxygens (including phenoxy) is 1. The van der Waals surface area contributed by atoms with Crippen molar-refractivity contribution in [1.29, 1.82) is 0 Å². The number of methoxy groups -OCH3 is 1. The first-order valence-corrected chi connectivity index (χ1v) is 6.38. The first kappa shape index (κ1) is 12.4. The summed E-state index contributed by atoms with van der Waals surface area (Å²) in [6.07, 6.45) is 2.55. The highest BCUT2D eigenvalue weighted by molar-refractivity contribution is 5.34. The number of hydrogen-bond donors (Lipinski definition) is 1. The van der Waals surface area contributed by atoms with Crippen molar-refractivity contribution in [2.24, 2.45) is 11.8 Å². The number of rotatable bonds is 4. The summed E-state index contributed by atoms with van der Waals surface area (Å²) < 4.78 is 5.32. The zero-order valence-electron chi connectivity index (χ0n) is 10.9.